The number of imidazole rings is 1. The van der Waals surface area contributed by atoms with Crippen LogP contribution in [0.2, 0.25) is 0 Å². The number of rotatable bonds is 8. The Morgan fingerprint density at radius 1 is 1.00 bits per heavy atom. The Morgan fingerprint density at radius 3 is 2.32 bits per heavy atom. The number of hydrogen-bond acceptors (Lipinski definition) is 3. The molecule has 0 aliphatic rings. The number of aromatic amines is 2. The summed E-state index contributed by atoms with van der Waals surface area (Å²) in [6.45, 7) is 2.91. The highest BCUT2D eigenvalue weighted by molar-refractivity contribution is 7.71. The van der Waals surface area contributed by atoms with E-state index in [0.29, 0.717) is 22.5 Å². The maximum Gasteiger partial charge on any atom is 0.329 e. The second-order valence-electron chi connectivity index (χ2n) is 5.72. The molecule has 0 fully saturated rings. The predicted molar refractivity (Wildman–Crippen MR) is 91.0 cm³/mol. The van der Waals surface area contributed by atoms with E-state index in [-0.39, 0.29) is 5.56 Å². The third kappa shape index (κ3) is 3.58. The van der Waals surface area contributed by atoms with Crippen LogP contribution in [-0.2, 0) is 13.6 Å². The van der Waals surface area contributed by atoms with Crippen molar-refractivity contribution in [2.24, 2.45) is 7.05 Å². The van der Waals surface area contributed by atoms with Crippen molar-refractivity contribution >= 4 is 23.4 Å². The fraction of sp³-hybridized carbons (Fsp3) is 0.667. The first kappa shape index (κ1) is 16.7. The monoisotopic (exact) mass is 324 g/mol. The second kappa shape index (κ2) is 7.58. The zero-order chi connectivity index (χ0) is 16.1. The molecule has 2 heterocycles. The maximum absolute atomic E-state index is 12.0. The van der Waals surface area contributed by atoms with Crippen LogP contribution in [-0.4, -0.2) is 19.1 Å². The molecule has 0 amide bonds. The Morgan fingerprint density at radius 2 is 1.64 bits per heavy atom. The van der Waals surface area contributed by atoms with Gasteiger partial charge in [0, 0.05) is 13.6 Å². The van der Waals surface area contributed by atoms with Gasteiger partial charge >= 0.3 is 5.69 Å². The van der Waals surface area contributed by atoms with E-state index in [9.17, 15) is 9.59 Å². The minimum atomic E-state index is -0.433. The summed E-state index contributed by atoms with van der Waals surface area (Å²) in [5.41, 5.74) is 0.130. The van der Waals surface area contributed by atoms with E-state index < -0.39 is 5.69 Å². The third-order valence-electron chi connectivity index (χ3n) is 4.03. The Kier molecular flexibility index (Phi) is 5.76. The lowest BCUT2D eigenvalue weighted by Gasteiger charge is -2.05. The van der Waals surface area contributed by atoms with E-state index in [0.717, 1.165) is 12.8 Å². The van der Waals surface area contributed by atoms with Gasteiger partial charge in [-0.2, -0.15) is 0 Å². The van der Waals surface area contributed by atoms with Crippen LogP contribution < -0.4 is 11.2 Å². The van der Waals surface area contributed by atoms with Crippen LogP contribution in [0.15, 0.2) is 9.59 Å². The summed E-state index contributed by atoms with van der Waals surface area (Å²) in [6, 6.07) is 0. The second-order valence-corrected chi connectivity index (χ2v) is 6.11. The summed E-state index contributed by atoms with van der Waals surface area (Å²) in [4.78, 5) is 28.9. The Balaban J connectivity index is 2.08. The molecule has 0 unspecified atom stereocenters. The number of aromatic nitrogens is 4. The lowest BCUT2D eigenvalue weighted by Crippen LogP contribution is -2.29. The highest BCUT2D eigenvalue weighted by atomic mass is 32.1. The van der Waals surface area contributed by atoms with E-state index in [1.807, 2.05) is 0 Å². The molecule has 2 N–H and O–H groups in total. The number of fused-ring (bicyclic) bond motifs is 1. The van der Waals surface area contributed by atoms with Gasteiger partial charge in [0.05, 0.1) is 0 Å². The van der Waals surface area contributed by atoms with Crippen molar-refractivity contribution in [2.45, 2.75) is 58.4 Å². The molecule has 6 nitrogen and oxygen atoms in total. The molecule has 0 radical (unpaired) electrons. The zero-order valence-electron chi connectivity index (χ0n) is 13.3. The van der Waals surface area contributed by atoms with Crippen LogP contribution >= 0.6 is 12.2 Å². The molecule has 0 aliphatic carbocycles. The summed E-state index contributed by atoms with van der Waals surface area (Å²) in [6.07, 6.45) is 8.44. The lowest BCUT2D eigenvalue weighted by atomic mass is 10.1. The Labute approximate surface area is 134 Å². The maximum atomic E-state index is 12.0. The molecule has 0 aromatic carbocycles. The molecular formula is C15H24N4O2S. The molecule has 2 rings (SSSR count). The van der Waals surface area contributed by atoms with Crippen LogP contribution in [0.25, 0.3) is 11.2 Å². The van der Waals surface area contributed by atoms with Crippen LogP contribution in [0.3, 0.4) is 0 Å². The van der Waals surface area contributed by atoms with Crippen molar-refractivity contribution in [1.82, 2.24) is 19.1 Å². The first-order chi connectivity index (χ1) is 10.6. The van der Waals surface area contributed by atoms with E-state index >= 15 is 0 Å². The minimum absolute atomic E-state index is 0.381. The summed E-state index contributed by atoms with van der Waals surface area (Å²) in [5, 5.41) is 0. The van der Waals surface area contributed by atoms with Gasteiger partial charge in [-0.1, -0.05) is 45.4 Å². The van der Waals surface area contributed by atoms with Crippen LogP contribution in [0.5, 0.6) is 0 Å². The molecule has 0 saturated carbocycles. The SMILES string of the molecule is CCCCCCCCCn1c(=S)[nH]c2c1c(=O)[nH]c(=O)n2C. The van der Waals surface area contributed by atoms with Gasteiger partial charge in [0.1, 0.15) is 5.65 Å². The fourth-order valence-electron chi connectivity index (χ4n) is 2.71. The number of nitrogens with zero attached hydrogens (tertiary/aromatic N) is 2. The van der Waals surface area contributed by atoms with Gasteiger partial charge in [0.25, 0.3) is 5.56 Å². The highest BCUT2D eigenvalue weighted by Gasteiger charge is 2.12. The molecule has 0 saturated heterocycles. The average molecular weight is 324 g/mol. The molecule has 0 spiro atoms. The molecule has 22 heavy (non-hydrogen) atoms. The third-order valence-corrected chi connectivity index (χ3v) is 4.35. The molecule has 2 aromatic heterocycles. The van der Waals surface area contributed by atoms with Gasteiger partial charge in [0.15, 0.2) is 10.3 Å². The van der Waals surface area contributed by atoms with Crippen LogP contribution in [0.1, 0.15) is 51.9 Å². The summed E-state index contributed by atoms with van der Waals surface area (Å²) < 4.78 is 3.68. The topological polar surface area (TPSA) is 75.6 Å². The van der Waals surface area contributed by atoms with E-state index in [1.54, 1.807) is 11.6 Å². The first-order valence-corrected chi connectivity index (χ1v) is 8.39. The molecule has 0 atom stereocenters. The summed E-state index contributed by atoms with van der Waals surface area (Å²) >= 11 is 5.29. The van der Waals surface area contributed by atoms with E-state index in [2.05, 4.69) is 16.9 Å². The molecule has 0 bridgehead atoms. The van der Waals surface area contributed by atoms with Gasteiger partial charge in [-0.15, -0.1) is 0 Å². The fourth-order valence-corrected chi connectivity index (χ4v) is 2.99. The highest BCUT2D eigenvalue weighted by Crippen LogP contribution is 2.11. The van der Waals surface area contributed by atoms with E-state index in [4.69, 9.17) is 12.2 Å². The van der Waals surface area contributed by atoms with Crippen molar-refractivity contribution < 1.29 is 0 Å². The molecule has 122 valence electrons. The molecular weight excluding hydrogens is 300 g/mol. The largest absolute Gasteiger partial charge is 0.329 e. The standard InChI is InChI=1S/C15H24N4O2S/c1-3-4-5-6-7-8-9-10-19-11-12(16-15(19)22)18(2)14(21)17-13(11)20/h3-10H2,1-2H3,(H,16,22)(H,17,20,21). The lowest BCUT2D eigenvalue weighted by molar-refractivity contribution is 0.552. The van der Waals surface area contributed by atoms with E-state index in [1.165, 1.54) is 36.7 Å². The molecule has 2 aromatic rings. The van der Waals surface area contributed by atoms with Gasteiger partial charge in [-0.05, 0) is 18.6 Å². The number of aryl methyl sites for hydroxylation is 2. The van der Waals surface area contributed by atoms with Crippen molar-refractivity contribution in [1.29, 1.82) is 0 Å². The Hall–Kier alpha value is -1.63. The summed E-state index contributed by atoms with van der Waals surface area (Å²) in [7, 11) is 1.62. The molecule has 7 heteroatoms. The normalized spacial score (nSPS) is 11.4. The average Bonchev–Trinajstić information content (AvgIpc) is 2.81. The number of H-pyrrole nitrogens is 2. The predicted octanol–water partition coefficient (Wildman–Crippen LogP) is 2.84. The number of unbranched alkanes of at least 4 members (excludes halogenated alkanes) is 6. The van der Waals surface area contributed by atoms with Crippen molar-refractivity contribution in [3.63, 3.8) is 0 Å². The minimum Gasteiger partial charge on any atom is -0.316 e. The van der Waals surface area contributed by atoms with Crippen molar-refractivity contribution in [3.05, 3.63) is 25.6 Å². The Bertz CT molecular complexity index is 796. The van der Waals surface area contributed by atoms with Crippen molar-refractivity contribution in [3.8, 4) is 0 Å². The number of hydrogen-bond donors (Lipinski definition) is 2. The molecule has 0 aliphatic heterocycles. The van der Waals surface area contributed by atoms with Crippen LogP contribution in [0, 0.1) is 4.77 Å². The zero-order valence-corrected chi connectivity index (χ0v) is 14.1. The number of nitrogens with one attached hydrogen (secondary N) is 2. The van der Waals surface area contributed by atoms with Crippen LogP contribution in [0.4, 0.5) is 0 Å². The summed E-state index contributed by atoms with van der Waals surface area (Å²) in [5.74, 6) is 0. The quantitative estimate of drug-likeness (QED) is 0.579. The van der Waals surface area contributed by atoms with Crippen molar-refractivity contribution in [2.75, 3.05) is 0 Å². The smallest absolute Gasteiger partial charge is 0.316 e. The van der Waals surface area contributed by atoms with Gasteiger partial charge in [0.2, 0.25) is 0 Å². The van der Waals surface area contributed by atoms with Gasteiger partial charge < -0.3 is 9.55 Å². The van der Waals surface area contributed by atoms with Gasteiger partial charge in [-0.3, -0.25) is 14.3 Å². The first-order valence-electron chi connectivity index (χ1n) is 7.98. The van der Waals surface area contributed by atoms with Gasteiger partial charge in [-0.25, -0.2) is 4.79 Å².